The summed E-state index contributed by atoms with van der Waals surface area (Å²) in [5, 5.41) is 2.99. The molecule has 4 rings (SSSR count). The van der Waals surface area contributed by atoms with Crippen molar-refractivity contribution in [3.63, 3.8) is 0 Å². The molecular weight excluding hydrogens is 427 g/mol. The second kappa shape index (κ2) is 9.65. The Morgan fingerprint density at radius 2 is 1.66 bits per heavy atom. The van der Waals surface area contributed by atoms with Crippen LogP contribution in [0.4, 0.5) is 0 Å². The Labute approximate surface area is 187 Å². The number of pyridine rings is 2. The summed E-state index contributed by atoms with van der Waals surface area (Å²) in [6, 6.07) is 11.2. The molecule has 0 aliphatic carbocycles. The van der Waals surface area contributed by atoms with E-state index in [2.05, 4.69) is 11.9 Å². The third-order valence-electron chi connectivity index (χ3n) is 5.33. The van der Waals surface area contributed by atoms with E-state index >= 15 is 0 Å². The van der Waals surface area contributed by atoms with Gasteiger partial charge in [0.05, 0.1) is 19.7 Å². The van der Waals surface area contributed by atoms with Crippen molar-refractivity contribution in [1.29, 1.82) is 0 Å². The summed E-state index contributed by atoms with van der Waals surface area (Å²) >= 11 is 0. The maximum atomic E-state index is 9.12. The third kappa shape index (κ3) is 4.60. The third-order valence-corrected chi connectivity index (χ3v) is 5.71. The summed E-state index contributed by atoms with van der Waals surface area (Å²) in [5.74, 6) is 1.75. The number of methoxy groups -OCH3 is 2. The highest BCUT2D eigenvalue weighted by atomic mass is 31.2. The van der Waals surface area contributed by atoms with Gasteiger partial charge in [-0.25, -0.2) is 0 Å². The summed E-state index contributed by atoms with van der Waals surface area (Å²) in [5.41, 5.74) is 3.90. The molecule has 0 saturated carbocycles. The minimum Gasteiger partial charge on any atom is -0.493 e. The van der Waals surface area contributed by atoms with Gasteiger partial charge in [0.15, 0.2) is 11.5 Å². The van der Waals surface area contributed by atoms with Crippen molar-refractivity contribution in [3.05, 3.63) is 65.6 Å². The monoisotopic (exact) mass is 452 g/mol. The van der Waals surface area contributed by atoms with Gasteiger partial charge in [0.2, 0.25) is 0 Å². The molecule has 0 bridgehead atoms. The number of nitrogens with zero attached hydrogens (tertiary/aromatic N) is 2. The fraction of sp³-hybridized carbons (Fsp3) is 0.250. The average Bonchev–Trinajstić information content (AvgIpc) is 2.79. The number of ether oxygens (including phenoxy) is 2. The Kier molecular flexibility index (Phi) is 6.70. The van der Waals surface area contributed by atoms with Crippen LogP contribution >= 0.6 is 8.60 Å². The summed E-state index contributed by atoms with van der Waals surface area (Å²) < 4.78 is 16.1. The molecule has 0 atom stereocenters. The van der Waals surface area contributed by atoms with Crippen LogP contribution in [0.3, 0.4) is 0 Å². The number of hydrogen-bond donors (Lipinski definition) is 2. The van der Waals surface area contributed by atoms with Gasteiger partial charge < -0.3 is 23.8 Å². The van der Waals surface area contributed by atoms with Gasteiger partial charge in [-0.05, 0) is 59.3 Å². The van der Waals surface area contributed by atoms with Crippen LogP contribution in [0, 0.1) is 0 Å². The van der Waals surface area contributed by atoms with Crippen LogP contribution in [0.15, 0.2) is 48.8 Å². The van der Waals surface area contributed by atoms with Crippen LogP contribution in [0.1, 0.15) is 30.2 Å². The summed E-state index contributed by atoms with van der Waals surface area (Å²) in [7, 11) is 0.803. The van der Waals surface area contributed by atoms with Crippen molar-refractivity contribution in [3.8, 4) is 17.2 Å². The number of aryl methyl sites for hydroxylation is 1. The normalized spacial score (nSPS) is 11.3. The Bertz CT molecular complexity index is 1260. The summed E-state index contributed by atoms with van der Waals surface area (Å²) in [6.07, 6.45) is 6.28. The first-order valence-electron chi connectivity index (χ1n) is 10.3. The number of aromatic nitrogens is 2. The maximum absolute atomic E-state index is 9.12. The molecule has 0 saturated heterocycles. The summed E-state index contributed by atoms with van der Waals surface area (Å²) in [4.78, 5) is 27.5. The van der Waals surface area contributed by atoms with Crippen LogP contribution in [-0.4, -0.2) is 34.0 Å². The molecule has 7 nitrogen and oxygen atoms in total. The van der Waals surface area contributed by atoms with Crippen molar-refractivity contribution in [2.45, 2.75) is 26.2 Å². The minimum absolute atomic E-state index is 0.389. The zero-order chi connectivity index (χ0) is 22.7. The smallest absolute Gasteiger partial charge is 0.391 e. The Morgan fingerprint density at radius 3 is 2.34 bits per heavy atom. The van der Waals surface area contributed by atoms with E-state index in [9.17, 15) is 0 Å². The second-order valence-electron chi connectivity index (χ2n) is 7.45. The molecule has 0 aliphatic rings. The van der Waals surface area contributed by atoms with Crippen LogP contribution < -0.4 is 14.0 Å². The predicted molar refractivity (Wildman–Crippen MR) is 125 cm³/mol. The van der Waals surface area contributed by atoms with E-state index in [1.165, 1.54) is 0 Å². The van der Waals surface area contributed by atoms with Crippen molar-refractivity contribution in [2.24, 2.45) is 0 Å². The zero-order valence-electron chi connectivity index (χ0n) is 18.2. The van der Waals surface area contributed by atoms with E-state index < -0.39 is 8.60 Å². The lowest BCUT2D eigenvalue weighted by molar-refractivity contribution is 0.356. The van der Waals surface area contributed by atoms with Gasteiger partial charge in [-0.1, -0.05) is 13.3 Å². The fourth-order valence-electron chi connectivity index (χ4n) is 3.88. The van der Waals surface area contributed by atoms with Crippen LogP contribution in [0.5, 0.6) is 17.2 Å². The second-order valence-corrected chi connectivity index (χ2v) is 8.14. The molecule has 2 aromatic carbocycles. The molecule has 8 heteroatoms. The Hall–Kier alpha value is -2.99. The van der Waals surface area contributed by atoms with Gasteiger partial charge in [0.1, 0.15) is 5.75 Å². The van der Waals surface area contributed by atoms with Crippen molar-refractivity contribution in [1.82, 2.24) is 9.97 Å². The molecule has 2 aromatic heterocycles. The molecule has 0 spiro atoms. The van der Waals surface area contributed by atoms with Crippen LogP contribution in [-0.2, 0) is 12.8 Å². The lowest BCUT2D eigenvalue weighted by atomic mass is 9.97. The standard InChI is InChI=1S/C24H25N2O5P/c1-4-5-22-20-12-24(30-3)23(29-2)11-19(20)17(14-26-22)9-15-8-16-10-18(31-32(27)28)6-7-21(16)25-13-15/h6-8,10-14,27-28H,4-5,9H2,1-3H3. The molecule has 0 fully saturated rings. The van der Waals surface area contributed by atoms with E-state index in [-0.39, 0.29) is 0 Å². The maximum Gasteiger partial charge on any atom is 0.391 e. The van der Waals surface area contributed by atoms with Crippen molar-refractivity contribution < 1.29 is 23.8 Å². The number of benzene rings is 2. The first-order chi connectivity index (χ1) is 15.5. The van der Waals surface area contributed by atoms with Crippen molar-refractivity contribution >= 4 is 30.3 Å². The first-order valence-corrected chi connectivity index (χ1v) is 11.5. The van der Waals surface area contributed by atoms with Gasteiger partial charge in [-0.3, -0.25) is 9.97 Å². The molecule has 0 radical (unpaired) electrons. The fourth-order valence-corrected chi connectivity index (χ4v) is 4.18. The molecule has 166 valence electrons. The molecule has 2 N–H and O–H groups in total. The van der Waals surface area contributed by atoms with Crippen LogP contribution in [0.25, 0.3) is 21.7 Å². The number of rotatable bonds is 8. The average molecular weight is 452 g/mol. The molecule has 0 amide bonds. The predicted octanol–water partition coefficient (Wildman–Crippen LogP) is 4.93. The SMILES string of the molecule is CCCc1ncc(Cc2cnc3ccc(OP(O)O)cc3c2)c2cc(OC)c(OC)cc12. The Morgan fingerprint density at radius 1 is 0.906 bits per heavy atom. The molecule has 32 heavy (non-hydrogen) atoms. The van der Waals surface area contributed by atoms with Gasteiger partial charge in [-0.2, -0.15) is 0 Å². The van der Waals surface area contributed by atoms with Crippen LogP contribution in [0.2, 0.25) is 0 Å². The van der Waals surface area contributed by atoms with Gasteiger partial charge >= 0.3 is 8.60 Å². The van der Waals surface area contributed by atoms with E-state index in [4.69, 9.17) is 28.8 Å². The number of hydrogen-bond acceptors (Lipinski definition) is 7. The largest absolute Gasteiger partial charge is 0.493 e. The van der Waals surface area contributed by atoms with Gasteiger partial charge in [-0.15, -0.1) is 0 Å². The highest BCUT2D eigenvalue weighted by molar-refractivity contribution is 7.39. The van der Waals surface area contributed by atoms with E-state index in [1.54, 1.807) is 32.4 Å². The van der Waals surface area contributed by atoms with Gasteiger partial charge in [0, 0.05) is 35.3 Å². The molecular formula is C24H25N2O5P. The first kappa shape index (κ1) is 22.2. The summed E-state index contributed by atoms with van der Waals surface area (Å²) in [6.45, 7) is 2.14. The minimum atomic E-state index is -2.47. The highest BCUT2D eigenvalue weighted by Gasteiger charge is 2.14. The lowest BCUT2D eigenvalue weighted by Crippen LogP contribution is -2.00. The van der Waals surface area contributed by atoms with E-state index in [0.717, 1.165) is 51.3 Å². The molecule has 4 aromatic rings. The topological polar surface area (TPSA) is 93.9 Å². The van der Waals surface area contributed by atoms with Crippen molar-refractivity contribution in [2.75, 3.05) is 14.2 Å². The molecule has 0 unspecified atom stereocenters. The zero-order valence-corrected chi connectivity index (χ0v) is 19.1. The number of fused-ring (bicyclic) bond motifs is 2. The van der Waals surface area contributed by atoms with Gasteiger partial charge in [0.25, 0.3) is 0 Å². The van der Waals surface area contributed by atoms with E-state index in [1.807, 2.05) is 30.6 Å². The quantitative estimate of drug-likeness (QED) is 0.366. The molecule has 2 heterocycles. The molecule has 0 aliphatic heterocycles. The lowest BCUT2D eigenvalue weighted by Gasteiger charge is -2.15. The highest BCUT2D eigenvalue weighted by Crippen LogP contribution is 2.36. The van der Waals surface area contributed by atoms with E-state index in [0.29, 0.717) is 23.7 Å². The Balaban J connectivity index is 1.77.